The van der Waals surface area contributed by atoms with E-state index in [-0.39, 0.29) is 23.0 Å². The molecule has 11 heteroatoms. The first-order valence-corrected chi connectivity index (χ1v) is 10.9. The van der Waals surface area contributed by atoms with Crippen molar-refractivity contribution < 1.29 is 33.4 Å². The Morgan fingerprint density at radius 2 is 1.45 bits per heavy atom. The Morgan fingerprint density at radius 3 is 1.97 bits per heavy atom. The molecule has 38 heavy (non-hydrogen) atoms. The Hall–Kier alpha value is -5.19. The third kappa shape index (κ3) is 6.94. The summed E-state index contributed by atoms with van der Waals surface area (Å²) in [4.78, 5) is 35.0. The number of carboxylic acid groups (broad SMARTS) is 2. The second-order valence-electron chi connectivity index (χ2n) is 7.62. The number of anilines is 1. The fourth-order valence-corrected chi connectivity index (χ4v) is 3.52. The van der Waals surface area contributed by atoms with Crippen LogP contribution < -0.4 is 11.5 Å². The van der Waals surface area contributed by atoms with Gasteiger partial charge in [0.25, 0.3) is 11.9 Å². The molecule has 0 radical (unpaired) electrons. The number of benzene rings is 4. The number of hydrogen-bond acceptors (Lipinski definition) is 5. The van der Waals surface area contributed by atoms with Gasteiger partial charge in [-0.05, 0) is 22.9 Å². The summed E-state index contributed by atoms with van der Waals surface area (Å²) in [6.45, 7) is 1.08. The number of halogens is 2. The highest BCUT2D eigenvalue weighted by Crippen LogP contribution is 2.27. The standard InChI is InChI=1S/C13H8FNO.C11H8FNO2.C2H4O2.CH4N2/c14-12-9-4-2-1-3-8(9)7-11-10(12)5-6-15-13(11)16;12-9-7-4-2-1-3-6(7)5-8(10(9)13)11(14)15;1-2(3)4;2-1-3/h1-4,6-7H,5H2;1-5H,13H2,(H,14,15);1H3,(H,3,4);1H,(H3,2,3). The molecule has 7 N–H and O–H groups in total. The van der Waals surface area contributed by atoms with Gasteiger partial charge in [-0.15, -0.1) is 0 Å². The third-order valence-corrected chi connectivity index (χ3v) is 5.08. The topological polar surface area (TPSA) is 180 Å². The zero-order valence-corrected chi connectivity index (χ0v) is 20.1. The van der Waals surface area contributed by atoms with E-state index in [0.717, 1.165) is 18.6 Å². The SMILES string of the molecule is CC(=O)O.N=CN.Nc1c(C(=O)O)cc2ccccc2c1F.O=C1N=CCc2c1cc1ccccc1c2F. The summed E-state index contributed by atoms with van der Waals surface area (Å²) in [6.07, 6.45) is 2.60. The van der Waals surface area contributed by atoms with Crippen molar-refractivity contribution in [3.05, 3.63) is 89.0 Å². The normalized spacial score (nSPS) is 11.1. The second kappa shape index (κ2) is 13.2. The Balaban J connectivity index is 0.000000216. The molecule has 0 aliphatic carbocycles. The summed E-state index contributed by atoms with van der Waals surface area (Å²) in [5, 5.41) is 24.2. The number of fused-ring (bicyclic) bond motifs is 3. The predicted octanol–water partition coefficient (Wildman–Crippen LogP) is 4.65. The number of carboxylic acids is 2. The number of aromatic carboxylic acids is 1. The molecule has 0 saturated heterocycles. The van der Waals surface area contributed by atoms with Gasteiger partial charge in [0.05, 0.1) is 17.6 Å². The second-order valence-corrected chi connectivity index (χ2v) is 7.62. The lowest BCUT2D eigenvalue weighted by atomic mass is 9.96. The van der Waals surface area contributed by atoms with Gasteiger partial charge in [0.15, 0.2) is 5.82 Å². The molecule has 4 aromatic rings. The van der Waals surface area contributed by atoms with Crippen LogP contribution in [-0.4, -0.2) is 40.6 Å². The molecule has 1 heterocycles. The first kappa shape index (κ1) is 29.0. The van der Waals surface area contributed by atoms with E-state index in [4.69, 9.17) is 26.2 Å². The van der Waals surface area contributed by atoms with Crippen LogP contribution in [0.5, 0.6) is 0 Å². The highest BCUT2D eigenvalue weighted by molar-refractivity contribution is 6.06. The molecule has 0 spiro atoms. The lowest BCUT2D eigenvalue weighted by Crippen LogP contribution is -2.10. The maximum atomic E-state index is 14.1. The molecule has 1 aliphatic heterocycles. The maximum Gasteiger partial charge on any atom is 0.337 e. The Morgan fingerprint density at radius 1 is 0.974 bits per heavy atom. The Bertz CT molecular complexity index is 1550. The number of hydrogen-bond donors (Lipinski definition) is 5. The molecule has 0 fully saturated rings. The number of nitrogens with zero attached hydrogens (tertiary/aromatic N) is 1. The number of nitrogen functional groups attached to an aromatic ring is 1. The number of rotatable bonds is 1. The van der Waals surface area contributed by atoms with Crippen LogP contribution in [0.1, 0.15) is 33.2 Å². The number of carbonyl (C=O) groups is 3. The van der Waals surface area contributed by atoms with Gasteiger partial charge in [-0.25, -0.2) is 18.6 Å². The quantitative estimate of drug-likeness (QED) is 0.137. The number of nitrogens with one attached hydrogen (secondary N) is 1. The van der Waals surface area contributed by atoms with Crippen molar-refractivity contribution in [3.63, 3.8) is 0 Å². The fourth-order valence-electron chi connectivity index (χ4n) is 3.52. The smallest absolute Gasteiger partial charge is 0.337 e. The number of aliphatic imine (C=N–C) groups is 1. The molecular weight excluding hydrogens is 498 g/mol. The lowest BCUT2D eigenvalue weighted by Gasteiger charge is -2.12. The van der Waals surface area contributed by atoms with Crippen LogP contribution in [0.25, 0.3) is 21.5 Å². The number of carbonyl (C=O) groups excluding carboxylic acids is 1. The van der Waals surface area contributed by atoms with E-state index >= 15 is 0 Å². The Kier molecular flexibility index (Phi) is 10.1. The molecule has 9 nitrogen and oxygen atoms in total. The summed E-state index contributed by atoms with van der Waals surface area (Å²) in [6, 6.07) is 16.8. The summed E-state index contributed by atoms with van der Waals surface area (Å²) in [7, 11) is 0. The molecule has 0 atom stereocenters. The van der Waals surface area contributed by atoms with Crippen molar-refractivity contribution in [3.8, 4) is 0 Å². The molecule has 0 bridgehead atoms. The maximum absolute atomic E-state index is 14.1. The van der Waals surface area contributed by atoms with Gasteiger partial charge in [-0.1, -0.05) is 48.5 Å². The van der Waals surface area contributed by atoms with Gasteiger partial charge in [0, 0.05) is 41.5 Å². The predicted molar refractivity (Wildman–Crippen MR) is 142 cm³/mol. The Labute approximate surface area is 215 Å². The van der Waals surface area contributed by atoms with E-state index in [1.807, 2.05) is 6.07 Å². The van der Waals surface area contributed by atoms with Crippen molar-refractivity contribution in [2.24, 2.45) is 10.7 Å². The third-order valence-electron chi connectivity index (χ3n) is 5.08. The van der Waals surface area contributed by atoms with Crippen molar-refractivity contribution >= 4 is 57.6 Å². The van der Waals surface area contributed by atoms with Crippen LogP contribution in [0.15, 0.2) is 65.7 Å². The fraction of sp³-hybridized carbons (Fsp3) is 0.0741. The van der Waals surface area contributed by atoms with Gasteiger partial charge in [-0.2, -0.15) is 0 Å². The summed E-state index contributed by atoms with van der Waals surface area (Å²) in [5.74, 6) is -3.39. The van der Waals surface area contributed by atoms with Gasteiger partial charge in [-0.3, -0.25) is 15.0 Å². The monoisotopic (exact) mass is 522 g/mol. The zero-order chi connectivity index (χ0) is 28.4. The molecule has 196 valence electrons. The first-order valence-electron chi connectivity index (χ1n) is 10.9. The van der Waals surface area contributed by atoms with E-state index < -0.39 is 17.8 Å². The largest absolute Gasteiger partial charge is 0.481 e. The van der Waals surface area contributed by atoms with Crippen LogP contribution >= 0.6 is 0 Å². The van der Waals surface area contributed by atoms with E-state index in [1.165, 1.54) is 12.3 Å². The van der Waals surface area contributed by atoms with Gasteiger partial charge in [0.1, 0.15) is 5.82 Å². The highest BCUT2D eigenvalue weighted by atomic mass is 19.1. The lowest BCUT2D eigenvalue weighted by molar-refractivity contribution is -0.134. The summed E-state index contributed by atoms with van der Waals surface area (Å²) in [5.41, 5.74) is 10.1. The zero-order valence-electron chi connectivity index (χ0n) is 20.1. The van der Waals surface area contributed by atoms with Gasteiger partial charge >= 0.3 is 5.97 Å². The van der Waals surface area contributed by atoms with Crippen molar-refractivity contribution in [1.82, 2.24) is 0 Å². The van der Waals surface area contributed by atoms with Crippen LogP contribution in [0.3, 0.4) is 0 Å². The van der Waals surface area contributed by atoms with Crippen LogP contribution in [-0.2, 0) is 11.2 Å². The average molecular weight is 523 g/mol. The minimum absolute atomic E-state index is 0.203. The summed E-state index contributed by atoms with van der Waals surface area (Å²) >= 11 is 0. The molecule has 0 aromatic heterocycles. The van der Waals surface area contributed by atoms with E-state index in [9.17, 15) is 18.4 Å². The molecule has 4 aromatic carbocycles. The van der Waals surface area contributed by atoms with E-state index in [0.29, 0.717) is 33.7 Å². The first-order chi connectivity index (χ1) is 18.0. The highest BCUT2D eigenvalue weighted by Gasteiger charge is 2.20. The van der Waals surface area contributed by atoms with Gasteiger partial charge in [0.2, 0.25) is 0 Å². The number of aliphatic carboxylic acids is 1. The van der Waals surface area contributed by atoms with Crippen molar-refractivity contribution in [2.75, 3.05) is 5.73 Å². The molecule has 5 rings (SSSR count). The molecule has 0 saturated carbocycles. The minimum atomic E-state index is -1.22. The van der Waals surface area contributed by atoms with Crippen LogP contribution in [0, 0.1) is 17.0 Å². The minimum Gasteiger partial charge on any atom is -0.481 e. The molecule has 1 amide bonds. The van der Waals surface area contributed by atoms with Crippen LogP contribution in [0.2, 0.25) is 0 Å². The van der Waals surface area contributed by atoms with Crippen molar-refractivity contribution in [1.29, 1.82) is 5.41 Å². The molecule has 1 aliphatic rings. The number of nitrogens with two attached hydrogens (primary N) is 2. The average Bonchev–Trinajstić information content (AvgIpc) is 2.87. The van der Waals surface area contributed by atoms with Crippen LogP contribution in [0.4, 0.5) is 14.5 Å². The summed E-state index contributed by atoms with van der Waals surface area (Å²) < 4.78 is 27.7. The molecule has 0 unspecified atom stereocenters. The van der Waals surface area contributed by atoms with E-state index in [1.54, 1.807) is 48.5 Å². The molecular formula is C27H24F2N4O5. The van der Waals surface area contributed by atoms with Crippen molar-refractivity contribution in [2.45, 2.75) is 13.3 Å². The van der Waals surface area contributed by atoms with Gasteiger partial charge < -0.3 is 21.7 Å². The number of amides is 1. The van der Waals surface area contributed by atoms with E-state index in [2.05, 4.69) is 10.7 Å².